The lowest BCUT2D eigenvalue weighted by Gasteiger charge is -2.17. The van der Waals surface area contributed by atoms with Crippen molar-refractivity contribution in [1.29, 1.82) is 0 Å². The van der Waals surface area contributed by atoms with Crippen LogP contribution in [0.15, 0.2) is 182 Å². The molecular weight excluding hydrogens is 695 g/mol. The number of hydrogen-bond donors (Lipinski definition) is 0. The molecule has 0 unspecified atom stereocenters. The van der Waals surface area contributed by atoms with Crippen LogP contribution in [-0.2, 0) is 6.42 Å². The van der Waals surface area contributed by atoms with Crippen LogP contribution in [0.25, 0.3) is 105 Å². The maximum atomic E-state index is 5.36. The average molecular weight is 730 g/mol. The van der Waals surface area contributed by atoms with Gasteiger partial charge >= 0.3 is 0 Å². The lowest BCUT2D eigenvalue weighted by atomic mass is 9.92. The molecule has 0 saturated carbocycles. The Bertz CT molecular complexity index is 3250. The van der Waals surface area contributed by atoms with Gasteiger partial charge in [0.15, 0.2) is 17.5 Å². The van der Waals surface area contributed by atoms with Crippen molar-refractivity contribution in [1.82, 2.24) is 24.5 Å². The minimum Gasteiger partial charge on any atom is -0.296 e. The summed E-state index contributed by atoms with van der Waals surface area (Å²) in [7, 11) is 0. The van der Waals surface area contributed by atoms with Crippen molar-refractivity contribution >= 4 is 54.1 Å². The summed E-state index contributed by atoms with van der Waals surface area (Å²) >= 11 is 0. The molecule has 0 spiro atoms. The molecule has 5 heteroatoms. The number of para-hydroxylation sites is 2. The van der Waals surface area contributed by atoms with Crippen molar-refractivity contribution in [3.63, 3.8) is 0 Å². The molecule has 0 aliphatic heterocycles. The van der Waals surface area contributed by atoms with Crippen LogP contribution in [0, 0.1) is 0 Å². The van der Waals surface area contributed by atoms with Crippen LogP contribution >= 0.6 is 0 Å². The third-order valence-corrected chi connectivity index (χ3v) is 11.2. The highest BCUT2D eigenvalue weighted by Gasteiger charge is 2.20. The summed E-state index contributed by atoms with van der Waals surface area (Å²) in [4.78, 5) is 21.1. The fourth-order valence-electron chi connectivity index (χ4n) is 8.51. The summed E-state index contributed by atoms with van der Waals surface area (Å²) in [5.74, 6) is 2.85. The van der Waals surface area contributed by atoms with Crippen LogP contribution in [0.5, 0.6) is 0 Å². The molecule has 0 aliphatic rings. The second-order valence-corrected chi connectivity index (χ2v) is 14.5. The van der Waals surface area contributed by atoms with Crippen LogP contribution in [0.1, 0.15) is 12.7 Å². The molecule has 57 heavy (non-hydrogen) atoms. The second-order valence-electron chi connectivity index (χ2n) is 14.5. The molecule has 0 amide bonds. The van der Waals surface area contributed by atoms with Crippen LogP contribution in [0.3, 0.4) is 0 Å². The Morgan fingerprint density at radius 3 is 1.60 bits per heavy atom. The van der Waals surface area contributed by atoms with E-state index in [2.05, 4.69) is 193 Å². The summed E-state index contributed by atoms with van der Waals surface area (Å²) in [6.07, 6.45) is 0.773. The molecule has 11 rings (SSSR count). The van der Waals surface area contributed by atoms with Crippen LogP contribution in [0.4, 0.5) is 0 Å². The van der Waals surface area contributed by atoms with E-state index in [0.29, 0.717) is 17.5 Å². The predicted octanol–water partition coefficient (Wildman–Crippen LogP) is 13.1. The van der Waals surface area contributed by atoms with Gasteiger partial charge in [0.05, 0.1) is 11.0 Å². The van der Waals surface area contributed by atoms with E-state index in [-0.39, 0.29) is 0 Å². The summed E-state index contributed by atoms with van der Waals surface area (Å²) in [6.45, 7) is 2.16. The predicted molar refractivity (Wildman–Crippen MR) is 236 cm³/mol. The number of hydrogen-bond acceptors (Lipinski definition) is 4. The smallest absolute Gasteiger partial charge is 0.164 e. The lowest BCUT2D eigenvalue weighted by Crippen LogP contribution is -2.04. The topological polar surface area (TPSA) is 56.5 Å². The Morgan fingerprint density at radius 2 is 0.912 bits per heavy atom. The van der Waals surface area contributed by atoms with Crippen LogP contribution < -0.4 is 0 Å². The highest BCUT2D eigenvalue weighted by molar-refractivity contribution is 6.14. The number of benzene rings is 9. The van der Waals surface area contributed by atoms with Gasteiger partial charge in [-0.15, -0.1) is 0 Å². The van der Waals surface area contributed by atoms with E-state index in [4.69, 9.17) is 19.9 Å². The number of nitrogens with zero attached hydrogens (tertiary/aromatic N) is 5. The molecule has 11 aromatic rings. The zero-order valence-corrected chi connectivity index (χ0v) is 31.3. The molecular formula is C52H35N5. The maximum Gasteiger partial charge on any atom is 0.164 e. The molecule has 9 aromatic carbocycles. The zero-order chi connectivity index (χ0) is 37.9. The summed E-state index contributed by atoms with van der Waals surface area (Å²) in [5, 5.41) is 9.29. The second kappa shape index (κ2) is 13.4. The molecule has 0 aliphatic carbocycles. The highest BCUT2D eigenvalue weighted by Crippen LogP contribution is 2.39. The Morgan fingerprint density at radius 1 is 0.386 bits per heavy atom. The van der Waals surface area contributed by atoms with Gasteiger partial charge in [-0.1, -0.05) is 153 Å². The largest absolute Gasteiger partial charge is 0.296 e. The Hall–Kier alpha value is -7.50. The molecule has 0 fully saturated rings. The van der Waals surface area contributed by atoms with Crippen molar-refractivity contribution in [2.75, 3.05) is 0 Å². The van der Waals surface area contributed by atoms with Gasteiger partial charge < -0.3 is 0 Å². The average Bonchev–Trinajstić information content (AvgIpc) is 3.67. The molecule has 0 bridgehead atoms. The third kappa shape index (κ3) is 5.55. The van der Waals surface area contributed by atoms with Gasteiger partial charge in [-0.05, 0) is 90.6 Å². The van der Waals surface area contributed by atoms with E-state index in [1.807, 2.05) is 0 Å². The third-order valence-electron chi connectivity index (χ3n) is 11.2. The molecule has 2 aromatic heterocycles. The highest BCUT2D eigenvalue weighted by atomic mass is 15.1. The van der Waals surface area contributed by atoms with Gasteiger partial charge in [-0.2, -0.15) is 0 Å². The first-order valence-electron chi connectivity index (χ1n) is 19.5. The van der Waals surface area contributed by atoms with Crippen molar-refractivity contribution < 1.29 is 0 Å². The summed E-state index contributed by atoms with van der Waals surface area (Å²) < 4.78 is 2.30. The number of imidazole rings is 1. The number of rotatable bonds is 6. The summed E-state index contributed by atoms with van der Waals surface area (Å²) in [5.41, 5.74) is 8.07. The monoisotopic (exact) mass is 729 g/mol. The molecule has 0 radical (unpaired) electrons. The number of aromatic nitrogens is 5. The maximum absolute atomic E-state index is 5.36. The molecule has 268 valence electrons. The van der Waals surface area contributed by atoms with Crippen LogP contribution in [0.2, 0.25) is 0 Å². The van der Waals surface area contributed by atoms with E-state index in [1.165, 1.54) is 21.5 Å². The number of fused-ring (bicyclic) bond motifs is 6. The van der Waals surface area contributed by atoms with Gasteiger partial charge in [-0.25, -0.2) is 19.9 Å². The quantitative estimate of drug-likeness (QED) is 0.160. The Labute approximate surface area is 329 Å². The van der Waals surface area contributed by atoms with E-state index >= 15 is 0 Å². The van der Waals surface area contributed by atoms with Crippen LogP contribution in [-0.4, -0.2) is 24.5 Å². The first-order chi connectivity index (χ1) is 28.2. The number of aryl methyl sites for hydroxylation is 1. The van der Waals surface area contributed by atoms with E-state index in [0.717, 1.165) is 78.3 Å². The van der Waals surface area contributed by atoms with E-state index < -0.39 is 0 Å². The van der Waals surface area contributed by atoms with Gasteiger partial charge in [0.2, 0.25) is 0 Å². The molecule has 5 nitrogen and oxygen atoms in total. The lowest BCUT2D eigenvalue weighted by molar-refractivity contribution is 0.908. The summed E-state index contributed by atoms with van der Waals surface area (Å²) in [6, 6.07) is 64.3. The molecule has 0 atom stereocenters. The van der Waals surface area contributed by atoms with Gasteiger partial charge in [0.25, 0.3) is 0 Å². The minimum atomic E-state index is 0.603. The van der Waals surface area contributed by atoms with Crippen molar-refractivity contribution in [2.24, 2.45) is 0 Å². The normalized spacial score (nSPS) is 11.7. The van der Waals surface area contributed by atoms with Crippen molar-refractivity contribution in [3.8, 4) is 51.0 Å². The first kappa shape index (κ1) is 32.9. The van der Waals surface area contributed by atoms with E-state index in [1.54, 1.807) is 0 Å². The zero-order valence-electron chi connectivity index (χ0n) is 31.3. The van der Waals surface area contributed by atoms with Gasteiger partial charge in [0.1, 0.15) is 5.82 Å². The van der Waals surface area contributed by atoms with Crippen molar-refractivity contribution in [2.45, 2.75) is 13.3 Å². The standard InChI is InChI=1S/C52H35N5/c1-2-49-53-47-27-11-12-28-48(47)57(49)38-30-36(46-32-35-17-5-8-22-41(35)42-23-9-10-24-43(42)46)29-37(31-38)50-54-51(44-25-13-18-33-15-3-6-20-39(33)44)56-52(55-50)45-26-14-19-34-16-4-7-21-40(34)45/h3-32H,2H2,1H3. The molecule has 0 saturated heterocycles. The fourth-order valence-corrected chi connectivity index (χ4v) is 8.51. The van der Waals surface area contributed by atoms with Crippen molar-refractivity contribution in [3.05, 3.63) is 188 Å². The van der Waals surface area contributed by atoms with Gasteiger partial charge in [0, 0.05) is 28.8 Å². The first-order valence-corrected chi connectivity index (χ1v) is 19.5. The molecule has 2 heterocycles. The van der Waals surface area contributed by atoms with E-state index in [9.17, 15) is 0 Å². The minimum absolute atomic E-state index is 0.603. The Balaban J connectivity index is 1.24. The van der Waals surface area contributed by atoms with Gasteiger partial charge in [-0.3, -0.25) is 4.57 Å². The molecule has 0 N–H and O–H groups in total. The fraction of sp³-hybridized carbons (Fsp3) is 0.0385. The SMILES string of the molecule is CCc1nc2ccccc2n1-c1cc(-c2nc(-c3cccc4ccccc34)nc(-c3cccc4ccccc34)n2)cc(-c2cc3ccccc3c3ccccc23)c1. The Kier molecular flexibility index (Phi) is 7.71.